The van der Waals surface area contributed by atoms with Gasteiger partial charge in [0.15, 0.2) is 0 Å². The van der Waals surface area contributed by atoms with Crippen LogP contribution in [-0.2, 0) is 23.7 Å². The molecule has 5 aliphatic carbocycles. The minimum atomic E-state index is -1.29. The van der Waals surface area contributed by atoms with Gasteiger partial charge in [-0.15, -0.1) is 0 Å². The zero-order chi connectivity index (χ0) is 24.3. The molecule has 0 amide bonds. The van der Waals surface area contributed by atoms with Crippen LogP contribution in [-0.4, -0.2) is 112 Å². The van der Waals surface area contributed by atoms with Gasteiger partial charge in [-0.25, -0.2) is 0 Å². The van der Waals surface area contributed by atoms with E-state index in [9.17, 15) is 10.2 Å². The molecule has 8 nitrogen and oxygen atoms in total. The van der Waals surface area contributed by atoms with E-state index in [1.807, 2.05) is 7.11 Å². The van der Waals surface area contributed by atoms with Crippen LogP contribution in [0.4, 0.5) is 0 Å². The number of hydrogen-bond acceptors (Lipinski definition) is 8. The summed E-state index contributed by atoms with van der Waals surface area (Å²) in [5.41, 5.74) is -2.88. The average molecular weight is 482 g/mol. The molecule has 5 saturated carbocycles. The van der Waals surface area contributed by atoms with Crippen molar-refractivity contribution in [2.75, 3.05) is 55.2 Å². The monoisotopic (exact) mass is 481 g/mol. The third-order valence-electron chi connectivity index (χ3n) is 11.9. The van der Waals surface area contributed by atoms with Gasteiger partial charge in [0.2, 0.25) is 0 Å². The predicted octanol–water partition coefficient (Wildman–Crippen LogP) is 0.925. The van der Waals surface area contributed by atoms with Crippen molar-refractivity contribution in [2.45, 2.75) is 74.3 Å². The minimum absolute atomic E-state index is 0.00625. The lowest BCUT2D eigenvalue weighted by Crippen LogP contribution is -2.82. The first-order chi connectivity index (χ1) is 16.4. The highest BCUT2D eigenvalue weighted by molar-refractivity contribution is 5.41. The second-order valence-corrected chi connectivity index (χ2v) is 12.0. The SMILES string of the molecule is CCN1C[C@]2(CO)CC[C@H](OC)[C@@]34[C@@H]5C[C@H]6[C@H](OC)[C@@H]5[C@](OC)(C[C@@H]6OC)[C@](O)([C@@H](OC)[C@H]23)[C@@H]14. The maximum absolute atomic E-state index is 13.3. The van der Waals surface area contributed by atoms with E-state index in [1.165, 1.54) is 0 Å². The quantitative estimate of drug-likeness (QED) is 0.555. The van der Waals surface area contributed by atoms with E-state index in [1.54, 1.807) is 28.4 Å². The summed E-state index contributed by atoms with van der Waals surface area (Å²) in [5, 5.41) is 24.3. The van der Waals surface area contributed by atoms with Crippen molar-refractivity contribution in [1.29, 1.82) is 0 Å². The summed E-state index contributed by atoms with van der Waals surface area (Å²) in [5.74, 6) is 0.437. The fraction of sp³-hybridized carbons (Fsp3) is 1.00. The first-order valence-electron chi connectivity index (χ1n) is 13.1. The van der Waals surface area contributed by atoms with E-state index in [2.05, 4.69) is 11.8 Å². The predicted molar refractivity (Wildman–Crippen MR) is 123 cm³/mol. The van der Waals surface area contributed by atoms with Crippen molar-refractivity contribution in [3.63, 3.8) is 0 Å². The first kappa shape index (κ1) is 24.0. The molecule has 0 radical (unpaired) electrons. The first-order valence-corrected chi connectivity index (χ1v) is 13.1. The molecule has 6 rings (SSSR count). The van der Waals surface area contributed by atoms with Gasteiger partial charge in [-0.3, -0.25) is 4.90 Å². The lowest BCUT2D eigenvalue weighted by molar-refractivity contribution is -0.326. The van der Waals surface area contributed by atoms with Crippen LogP contribution in [0.1, 0.15) is 32.6 Å². The molecule has 13 atom stereocenters. The third-order valence-corrected chi connectivity index (χ3v) is 11.9. The van der Waals surface area contributed by atoms with E-state index in [-0.39, 0.29) is 65.5 Å². The second kappa shape index (κ2) is 7.60. The number of hydrogen-bond donors (Lipinski definition) is 2. The van der Waals surface area contributed by atoms with Crippen molar-refractivity contribution in [3.05, 3.63) is 0 Å². The van der Waals surface area contributed by atoms with E-state index >= 15 is 0 Å². The molecule has 6 aliphatic rings. The minimum Gasteiger partial charge on any atom is -0.396 e. The molecule has 1 aliphatic heterocycles. The Labute approximate surface area is 203 Å². The molecule has 0 aromatic carbocycles. The van der Waals surface area contributed by atoms with Gasteiger partial charge in [-0.05, 0) is 31.7 Å². The summed E-state index contributed by atoms with van der Waals surface area (Å²) < 4.78 is 31.6. The maximum atomic E-state index is 13.3. The van der Waals surface area contributed by atoms with Crippen LogP contribution >= 0.6 is 0 Å². The lowest BCUT2D eigenvalue weighted by Gasteiger charge is -2.70. The average Bonchev–Trinajstić information content (AvgIpc) is 3.26. The van der Waals surface area contributed by atoms with Crippen molar-refractivity contribution >= 4 is 0 Å². The summed E-state index contributed by atoms with van der Waals surface area (Å²) in [6.45, 7) is 3.80. The zero-order valence-electron chi connectivity index (χ0n) is 21.5. The Morgan fingerprint density at radius 3 is 2.35 bits per heavy atom. The topological polar surface area (TPSA) is 89.9 Å². The number of rotatable bonds is 7. The fourth-order valence-corrected chi connectivity index (χ4v) is 11.4. The number of methoxy groups -OCH3 is 5. The van der Waals surface area contributed by atoms with Crippen LogP contribution in [0.5, 0.6) is 0 Å². The molecule has 2 N–H and O–H groups in total. The van der Waals surface area contributed by atoms with Crippen LogP contribution in [0.3, 0.4) is 0 Å². The molecule has 34 heavy (non-hydrogen) atoms. The summed E-state index contributed by atoms with van der Waals surface area (Å²) in [6.07, 6.45) is 2.67. The lowest BCUT2D eigenvalue weighted by atomic mass is 9.42. The summed E-state index contributed by atoms with van der Waals surface area (Å²) in [7, 11) is 8.85. The van der Waals surface area contributed by atoms with Crippen LogP contribution in [0, 0.1) is 34.5 Å². The Hall–Kier alpha value is -0.320. The van der Waals surface area contributed by atoms with Gasteiger partial charge in [0, 0.05) is 77.1 Å². The number of piperidine rings is 1. The molecule has 1 saturated heterocycles. The van der Waals surface area contributed by atoms with Gasteiger partial charge < -0.3 is 33.9 Å². The third kappa shape index (κ3) is 2.19. The number of fused-ring (bicyclic) bond motifs is 2. The number of aliphatic hydroxyl groups excluding tert-OH is 1. The Kier molecular flexibility index (Phi) is 5.38. The normalized spacial score (nSPS) is 59.5. The Bertz CT molecular complexity index is 829. The molecule has 6 fully saturated rings. The summed E-state index contributed by atoms with van der Waals surface area (Å²) >= 11 is 0. The number of aliphatic hydroxyl groups is 2. The fourth-order valence-electron chi connectivity index (χ4n) is 11.4. The molecular weight excluding hydrogens is 438 g/mol. The number of likely N-dealkylation sites (tertiary alicyclic amines) is 1. The largest absolute Gasteiger partial charge is 0.396 e. The van der Waals surface area contributed by atoms with E-state index in [4.69, 9.17) is 23.7 Å². The van der Waals surface area contributed by atoms with Gasteiger partial charge >= 0.3 is 0 Å². The zero-order valence-corrected chi connectivity index (χ0v) is 21.5. The molecule has 1 spiro atoms. The maximum Gasteiger partial charge on any atom is 0.136 e. The molecule has 0 aromatic rings. The summed E-state index contributed by atoms with van der Waals surface area (Å²) in [6, 6.07) is -0.182. The van der Waals surface area contributed by atoms with Crippen molar-refractivity contribution < 1.29 is 33.9 Å². The van der Waals surface area contributed by atoms with E-state index in [0.29, 0.717) is 6.42 Å². The summed E-state index contributed by atoms with van der Waals surface area (Å²) in [4.78, 5) is 2.43. The number of nitrogens with zero attached hydrogens (tertiary/aromatic N) is 1. The highest BCUT2D eigenvalue weighted by atomic mass is 16.5. The smallest absolute Gasteiger partial charge is 0.136 e. The Balaban J connectivity index is 1.70. The van der Waals surface area contributed by atoms with E-state index in [0.717, 1.165) is 32.4 Å². The molecule has 0 aromatic heterocycles. The van der Waals surface area contributed by atoms with Gasteiger partial charge in [0.25, 0.3) is 0 Å². The van der Waals surface area contributed by atoms with Gasteiger partial charge in [-0.2, -0.15) is 0 Å². The highest BCUT2D eigenvalue weighted by Crippen LogP contribution is 2.81. The molecule has 7 bridgehead atoms. The van der Waals surface area contributed by atoms with Crippen molar-refractivity contribution in [2.24, 2.45) is 34.5 Å². The molecular formula is C26H43NO7. The van der Waals surface area contributed by atoms with Crippen LogP contribution in [0.15, 0.2) is 0 Å². The van der Waals surface area contributed by atoms with E-state index < -0.39 is 17.3 Å². The van der Waals surface area contributed by atoms with Crippen LogP contribution in [0.25, 0.3) is 0 Å². The molecule has 8 heteroatoms. The standard InChI is InChI=1S/C26H43NO7/c1-7-27-12-23(13-28)9-8-17(31-3)25-15-10-14-16(30-2)11-24(34-6,18(15)19(14)32-4)26(29,22(25)27)21(33-5)20(23)25/h14-22,28-29H,7-13H2,1-6H3/t14-,15-,16+,17+,18-,19+,20-,21+,22+,23+,24-,25+,26+/m1/s1. The van der Waals surface area contributed by atoms with Crippen molar-refractivity contribution in [3.8, 4) is 0 Å². The van der Waals surface area contributed by atoms with Crippen molar-refractivity contribution in [1.82, 2.24) is 4.90 Å². The van der Waals surface area contributed by atoms with Gasteiger partial charge in [0.1, 0.15) is 11.2 Å². The Morgan fingerprint density at radius 2 is 1.79 bits per heavy atom. The number of ether oxygens (including phenoxy) is 5. The second-order valence-electron chi connectivity index (χ2n) is 12.0. The molecule has 0 unspecified atom stereocenters. The van der Waals surface area contributed by atoms with Gasteiger partial charge in [0.05, 0.1) is 37.1 Å². The van der Waals surface area contributed by atoms with Gasteiger partial charge in [-0.1, -0.05) is 6.92 Å². The molecule has 194 valence electrons. The van der Waals surface area contributed by atoms with Crippen LogP contribution < -0.4 is 0 Å². The molecule has 1 heterocycles. The number of likely N-dealkylation sites (N-methyl/N-ethyl adjacent to an activating group) is 1. The van der Waals surface area contributed by atoms with Crippen LogP contribution in [0.2, 0.25) is 0 Å². The highest BCUT2D eigenvalue weighted by Gasteiger charge is 2.91. The Morgan fingerprint density at radius 1 is 1.03 bits per heavy atom.